The Morgan fingerprint density at radius 2 is 1.80 bits per heavy atom. The van der Waals surface area contributed by atoms with Crippen molar-refractivity contribution in [3.8, 4) is 0 Å². The van der Waals surface area contributed by atoms with E-state index >= 15 is 0 Å². The van der Waals surface area contributed by atoms with E-state index < -0.39 is 0 Å². The second-order valence-electron chi connectivity index (χ2n) is 3.63. The van der Waals surface area contributed by atoms with Crippen molar-refractivity contribution in [1.82, 2.24) is 0 Å². The molecule has 0 aliphatic carbocycles. The van der Waals surface area contributed by atoms with Crippen LogP contribution in [0, 0.1) is 13.8 Å². The Hall–Kier alpha value is -1.71. The molecule has 1 aromatic carbocycles. The molecule has 78 valence electrons. The van der Waals surface area contributed by atoms with E-state index in [0.29, 0.717) is 5.56 Å². The van der Waals surface area contributed by atoms with Crippen molar-refractivity contribution in [2.45, 2.75) is 20.0 Å². The maximum atomic E-state index is 11.5. The van der Waals surface area contributed by atoms with E-state index in [4.69, 9.17) is 4.74 Å². The quantitative estimate of drug-likeness (QED) is 0.695. The first kappa shape index (κ1) is 9.83. The molecule has 0 spiro atoms. The second kappa shape index (κ2) is 3.46. The van der Waals surface area contributed by atoms with Crippen molar-refractivity contribution in [2.75, 3.05) is 7.11 Å². The van der Waals surface area contributed by atoms with Crippen molar-refractivity contribution < 1.29 is 9.53 Å². The van der Waals surface area contributed by atoms with Gasteiger partial charge in [0.1, 0.15) is 0 Å². The average molecular weight is 204 g/mol. The molecule has 1 aliphatic rings. The molecule has 1 heterocycles. The molecule has 1 aromatic rings. The van der Waals surface area contributed by atoms with Gasteiger partial charge in [0.15, 0.2) is 0 Å². The highest BCUT2D eigenvalue weighted by atomic mass is 16.5. The van der Waals surface area contributed by atoms with Gasteiger partial charge in [-0.05, 0) is 25.0 Å². The number of nitrogens with zero attached hydrogens (tertiary/aromatic N) is 2. The van der Waals surface area contributed by atoms with Gasteiger partial charge in [-0.1, -0.05) is 12.1 Å². The lowest BCUT2D eigenvalue weighted by Gasteiger charge is -2.09. The van der Waals surface area contributed by atoms with Crippen molar-refractivity contribution in [2.24, 2.45) is 10.2 Å². The van der Waals surface area contributed by atoms with Crippen LogP contribution in [-0.2, 0) is 4.74 Å². The molecule has 0 N–H and O–H groups in total. The minimum absolute atomic E-state index is 0.0194. The van der Waals surface area contributed by atoms with Crippen LogP contribution in [0.1, 0.15) is 33.2 Å². The monoisotopic (exact) mass is 204 g/mol. The summed E-state index contributed by atoms with van der Waals surface area (Å²) in [6.07, 6.45) is -0.0194. The van der Waals surface area contributed by atoms with Crippen LogP contribution in [0.5, 0.6) is 0 Å². The number of benzene rings is 1. The zero-order valence-corrected chi connectivity index (χ0v) is 8.94. The molecule has 0 bridgehead atoms. The molecule has 0 fully saturated rings. The van der Waals surface area contributed by atoms with E-state index in [0.717, 1.165) is 16.7 Å². The molecule has 0 atom stereocenters. The first-order valence-electron chi connectivity index (χ1n) is 4.73. The standard InChI is InChI=1S/C11H12N2O2/c1-6-4-8(10-12-13-10)5-7(2)9(6)11(14)15-3/h4-5,10H,1-3H3. The number of rotatable bonds is 2. The number of aryl methyl sites for hydroxylation is 2. The largest absolute Gasteiger partial charge is 0.465 e. The zero-order valence-electron chi connectivity index (χ0n) is 8.94. The first-order valence-corrected chi connectivity index (χ1v) is 4.73. The molecule has 4 nitrogen and oxygen atoms in total. The SMILES string of the molecule is COC(=O)c1c(C)cc(C2N=N2)cc1C. The Labute approximate surface area is 88.0 Å². The third-order valence-corrected chi connectivity index (χ3v) is 2.47. The normalized spacial score (nSPS) is 14.1. The Bertz CT molecular complexity index is 423. The number of methoxy groups -OCH3 is 1. The fraction of sp³-hybridized carbons (Fsp3) is 0.364. The number of carbonyl (C=O) groups is 1. The Kier molecular flexibility index (Phi) is 2.26. The van der Waals surface area contributed by atoms with Gasteiger partial charge in [-0.15, -0.1) is 0 Å². The van der Waals surface area contributed by atoms with Crippen LogP contribution < -0.4 is 0 Å². The first-order chi connectivity index (χ1) is 7.13. The summed E-state index contributed by atoms with van der Waals surface area (Å²) in [7, 11) is 1.39. The average Bonchev–Trinajstić information content (AvgIpc) is 2.99. The molecule has 0 saturated heterocycles. The van der Waals surface area contributed by atoms with Crippen LogP contribution in [-0.4, -0.2) is 13.1 Å². The number of ether oxygens (including phenoxy) is 1. The fourth-order valence-corrected chi connectivity index (χ4v) is 1.74. The lowest BCUT2D eigenvalue weighted by molar-refractivity contribution is 0.0599. The predicted octanol–water partition coefficient (Wildman–Crippen LogP) is 2.55. The van der Waals surface area contributed by atoms with E-state index in [2.05, 4.69) is 10.2 Å². The topological polar surface area (TPSA) is 51.0 Å². The summed E-state index contributed by atoms with van der Waals surface area (Å²) in [5, 5.41) is 7.72. The van der Waals surface area contributed by atoms with Crippen LogP contribution in [0.3, 0.4) is 0 Å². The molecule has 0 unspecified atom stereocenters. The summed E-state index contributed by atoms with van der Waals surface area (Å²) in [6, 6.07) is 3.87. The predicted molar refractivity (Wildman–Crippen MR) is 54.9 cm³/mol. The van der Waals surface area contributed by atoms with E-state index in [1.165, 1.54) is 7.11 Å². The molecule has 0 amide bonds. The summed E-state index contributed by atoms with van der Waals surface area (Å²) in [6.45, 7) is 3.79. The third kappa shape index (κ3) is 1.75. The van der Waals surface area contributed by atoms with Crippen molar-refractivity contribution in [3.63, 3.8) is 0 Å². The smallest absolute Gasteiger partial charge is 0.338 e. The van der Waals surface area contributed by atoms with Gasteiger partial charge >= 0.3 is 5.97 Å². The minimum Gasteiger partial charge on any atom is -0.465 e. The van der Waals surface area contributed by atoms with Crippen molar-refractivity contribution >= 4 is 5.97 Å². The number of hydrogen-bond donors (Lipinski definition) is 0. The summed E-state index contributed by atoms with van der Waals surface area (Å²) in [5.74, 6) is -0.291. The lowest BCUT2D eigenvalue weighted by atomic mass is 9.99. The van der Waals surface area contributed by atoms with Crippen molar-refractivity contribution in [1.29, 1.82) is 0 Å². The number of esters is 1. The molecule has 4 heteroatoms. The summed E-state index contributed by atoms with van der Waals surface area (Å²) < 4.78 is 4.73. The Morgan fingerprint density at radius 1 is 1.27 bits per heavy atom. The molecule has 0 saturated carbocycles. The van der Waals surface area contributed by atoms with Gasteiger partial charge in [0.2, 0.25) is 6.17 Å². The molecule has 0 radical (unpaired) electrons. The van der Waals surface area contributed by atoms with Crippen LogP contribution in [0.25, 0.3) is 0 Å². The zero-order chi connectivity index (χ0) is 11.0. The van der Waals surface area contributed by atoms with E-state index in [1.807, 2.05) is 26.0 Å². The summed E-state index contributed by atoms with van der Waals surface area (Å²) >= 11 is 0. The fourth-order valence-electron chi connectivity index (χ4n) is 1.74. The highest BCUT2D eigenvalue weighted by Crippen LogP contribution is 2.32. The minimum atomic E-state index is -0.291. The lowest BCUT2D eigenvalue weighted by Crippen LogP contribution is -2.07. The highest BCUT2D eigenvalue weighted by molar-refractivity contribution is 5.92. The third-order valence-electron chi connectivity index (χ3n) is 2.47. The van der Waals surface area contributed by atoms with Crippen LogP contribution >= 0.6 is 0 Å². The molecule has 15 heavy (non-hydrogen) atoms. The highest BCUT2D eigenvalue weighted by Gasteiger charge is 2.22. The number of hydrogen-bond acceptors (Lipinski definition) is 4. The molecule has 2 rings (SSSR count). The van der Waals surface area contributed by atoms with Gasteiger partial charge < -0.3 is 4.74 Å². The van der Waals surface area contributed by atoms with Crippen molar-refractivity contribution in [3.05, 3.63) is 34.4 Å². The maximum absolute atomic E-state index is 11.5. The van der Waals surface area contributed by atoms with Gasteiger partial charge in [0.25, 0.3) is 0 Å². The van der Waals surface area contributed by atoms with Gasteiger partial charge in [0.05, 0.1) is 12.7 Å². The van der Waals surface area contributed by atoms with Crippen LogP contribution in [0.15, 0.2) is 22.4 Å². The Morgan fingerprint density at radius 3 is 2.20 bits per heavy atom. The van der Waals surface area contributed by atoms with E-state index in [9.17, 15) is 4.79 Å². The van der Waals surface area contributed by atoms with Gasteiger partial charge in [-0.25, -0.2) is 4.79 Å². The summed E-state index contributed by atoms with van der Waals surface area (Å²) in [4.78, 5) is 11.5. The number of carbonyl (C=O) groups excluding carboxylic acids is 1. The van der Waals surface area contributed by atoms with Crippen LogP contribution in [0.4, 0.5) is 0 Å². The van der Waals surface area contributed by atoms with E-state index in [1.54, 1.807) is 0 Å². The second-order valence-corrected chi connectivity index (χ2v) is 3.63. The summed E-state index contributed by atoms with van der Waals surface area (Å²) in [5.41, 5.74) is 3.50. The molecular formula is C11H12N2O2. The maximum Gasteiger partial charge on any atom is 0.338 e. The Balaban J connectivity index is 2.43. The van der Waals surface area contributed by atoms with Gasteiger partial charge in [-0.2, -0.15) is 10.2 Å². The van der Waals surface area contributed by atoms with E-state index in [-0.39, 0.29) is 12.1 Å². The molecular weight excluding hydrogens is 192 g/mol. The molecule has 1 aliphatic heterocycles. The molecule has 0 aromatic heterocycles. The van der Waals surface area contributed by atoms with Gasteiger partial charge in [-0.3, -0.25) is 0 Å². The van der Waals surface area contributed by atoms with Gasteiger partial charge in [0, 0.05) is 5.56 Å². The van der Waals surface area contributed by atoms with Crippen LogP contribution in [0.2, 0.25) is 0 Å².